The van der Waals surface area contributed by atoms with Crippen LogP contribution in [-0.4, -0.2) is 29.1 Å². The van der Waals surface area contributed by atoms with Gasteiger partial charge in [-0.15, -0.1) is 0 Å². The van der Waals surface area contributed by atoms with E-state index in [4.69, 9.17) is 0 Å². The molecule has 2 rings (SSSR count). The van der Waals surface area contributed by atoms with Crippen LogP contribution in [0.1, 0.15) is 62.9 Å². The average Bonchev–Trinajstić information content (AvgIpc) is 2.46. The molecule has 5 heteroatoms. The lowest BCUT2D eigenvalue weighted by Gasteiger charge is -2.47. The van der Waals surface area contributed by atoms with E-state index in [1.165, 1.54) is 6.92 Å². The second kappa shape index (κ2) is 7.16. The zero-order valence-electron chi connectivity index (χ0n) is 15.9. The smallest absolute Gasteiger partial charge is 0.252 e. The Balaban J connectivity index is 2.27. The molecule has 0 heterocycles. The molecule has 0 aliphatic heterocycles. The number of carbonyl (C=O) groups excluding carboxylic acids is 2. The van der Waals surface area contributed by atoms with Crippen LogP contribution in [0.15, 0.2) is 18.2 Å². The lowest BCUT2D eigenvalue weighted by molar-refractivity contribution is -0.114. The number of amides is 2. The van der Waals surface area contributed by atoms with E-state index in [1.54, 1.807) is 18.2 Å². The molecule has 1 aliphatic carbocycles. The van der Waals surface area contributed by atoms with Crippen molar-refractivity contribution in [1.29, 1.82) is 0 Å². The minimum Gasteiger partial charge on any atom is -0.394 e. The van der Waals surface area contributed by atoms with Crippen molar-refractivity contribution in [3.8, 4) is 0 Å². The van der Waals surface area contributed by atoms with E-state index < -0.39 is 5.54 Å². The van der Waals surface area contributed by atoms with Crippen molar-refractivity contribution in [2.45, 2.75) is 59.4 Å². The maximum atomic E-state index is 12.9. The second-order valence-corrected chi connectivity index (χ2v) is 8.41. The summed E-state index contributed by atoms with van der Waals surface area (Å²) in [5.74, 6) is 0.0574. The van der Waals surface area contributed by atoms with E-state index in [0.717, 1.165) is 24.8 Å². The van der Waals surface area contributed by atoms with Crippen molar-refractivity contribution in [3.63, 3.8) is 0 Å². The fraction of sp³-hybridized carbons (Fsp3) is 0.600. The maximum Gasteiger partial charge on any atom is 0.252 e. The van der Waals surface area contributed by atoms with Crippen LogP contribution in [-0.2, 0) is 4.79 Å². The fourth-order valence-corrected chi connectivity index (χ4v) is 4.51. The largest absolute Gasteiger partial charge is 0.394 e. The molecule has 2 atom stereocenters. The molecule has 0 aromatic heterocycles. The fourth-order valence-electron chi connectivity index (χ4n) is 4.51. The van der Waals surface area contributed by atoms with Gasteiger partial charge in [-0.25, -0.2) is 0 Å². The Morgan fingerprint density at radius 1 is 1.28 bits per heavy atom. The van der Waals surface area contributed by atoms with E-state index in [0.29, 0.717) is 17.2 Å². The summed E-state index contributed by atoms with van der Waals surface area (Å²) in [6.45, 7) is 9.72. The van der Waals surface area contributed by atoms with Crippen molar-refractivity contribution in [2.24, 2.45) is 11.3 Å². The summed E-state index contributed by atoms with van der Waals surface area (Å²) in [7, 11) is 0. The Morgan fingerprint density at radius 2 is 1.96 bits per heavy atom. The molecule has 25 heavy (non-hydrogen) atoms. The van der Waals surface area contributed by atoms with Gasteiger partial charge in [-0.2, -0.15) is 0 Å². The predicted molar refractivity (Wildman–Crippen MR) is 99.6 cm³/mol. The van der Waals surface area contributed by atoms with Crippen molar-refractivity contribution < 1.29 is 14.7 Å². The lowest BCUT2D eigenvalue weighted by atomic mass is 9.64. The van der Waals surface area contributed by atoms with Crippen molar-refractivity contribution in [1.82, 2.24) is 5.32 Å². The van der Waals surface area contributed by atoms with Crippen molar-refractivity contribution in [3.05, 3.63) is 29.3 Å². The third kappa shape index (κ3) is 4.60. The lowest BCUT2D eigenvalue weighted by Crippen LogP contribution is -2.57. The van der Waals surface area contributed by atoms with Gasteiger partial charge in [-0.3, -0.25) is 9.59 Å². The third-order valence-corrected chi connectivity index (χ3v) is 5.03. The second-order valence-electron chi connectivity index (χ2n) is 8.41. The summed E-state index contributed by atoms with van der Waals surface area (Å²) < 4.78 is 0. The molecule has 0 radical (unpaired) electrons. The van der Waals surface area contributed by atoms with Gasteiger partial charge < -0.3 is 15.7 Å². The average molecular weight is 346 g/mol. The van der Waals surface area contributed by atoms with Gasteiger partial charge in [0, 0.05) is 18.2 Å². The van der Waals surface area contributed by atoms with E-state index in [-0.39, 0.29) is 23.8 Å². The van der Waals surface area contributed by atoms with Crippen molar-refractivity contribution in [2.75, 3.05) is 11.9 Å². The molecular weight excluding hydrogens is 316 g/mol. The molecule has 138 valence electrons. The first kappa shape index (κ1) is 19.4. The highest BCUT2D eigenvalue weighted by molar-refractivity contribution is 5.99. The monoisotopic (exact) mass is 346 g/mol. The molecule has 5 nitrogen and oxygen atoms in total. The van der Waals surface area contributed by atoms with Crippen LogP contribution >= 0.6 is 0 Å². The van der Waals surface area contributed by atoms with Crippen LogP contribution in [0.4, 0.5) is 5.69 Å². The molecule has 1 aromatic carbocycles. The van der Waals surface area contributed by atoms with Gasteiger partial charge in [0.2, 0.25) is 5.91 Å². The Morgan fingerprint density at radius 3 is 2.52 bits per heavy atom. The highest BCUT2D eigenvalue weighted by Crippen LogP contribution is 2.43. The summed E-state index contributed by atoms with van der Waals surface area (Å²) in [6.07, 6.45) is 2.60. The van der Waals surface area contributed by atoms with Gasteiger partial charge in [0.05, 0.1) is 12.1 Å². The van der Waals surface area contributed by atoms with E-state index in [9.17, 15) is 14.7 Å². The number of carbonyl (C=O) groups is 2. The van der Waals surface area contributed by atoms with Crippen LogP contribution in [0.25, 0.3) is 0 Å². The molecule has 0 spiro atoms. The zero-order valence-corrected chi connectivity index (χ0v) is 15.9. The molecule has 0 saturated heterocycles. The molecule has 3 N–H and O–H groups in total. The first-order valence-electron chi connectivity index (χ1n) is 8.88. The van der Waals surface area contributed by atoms with E-state index >= 15 is 0 Å². The summed E-state index contributed by atoms with van der Waals surface area (Å²) in [5, 5.41) is 15.9. The number of hydrogen-bond donors (Lipinski definition) is 3. The van der Waals surface area contributed by atoms with Crippen LogP contribution in [0, 0.1) is 18.3 Å². The SMILES string of the molecule is CC(=O)Nc1cccc(C(=O)N[C@@]2(CO)C[C@@H](C)CC(C)(C)C2)c1C. The Kier molecular flexibility index (Phi) is 5.57. The predicted octanol–water partition coefficient (Wildman–Crippen LogP) is 3.26. The minimum atomic E-state index is -0.602. The number of nitrogens with one attached hydrogen (secondary N) is 2. The maximum absolute atomic E-state index is 12.9. The summed E-state index contributed by atoms with van der Waals surface area (Å²) in [4.78, 5) is 24.2. The summed E-state index contributed by atoms with van der Waals surface area (Å²) in [5.41, 5.74) is 1.35. The molecule has 1 aromatic rings. The van der Waals surface area contributed by atoms with Crippen LogP contribution in [0.3, 0.4) is 0 Å². The Labute approximate surface area is 150 Å². The minimum absolute atomic E-state index is 0.0702. The standard InChI is InChI=1S/C20H30N2O3/c1-13-9-19(4,5)11-20(10-13,12-23)22-18(25)16-7-6-8-17(14(16)2)21-15(3)24/h6-8,13,23H,9-12H2,1-5H3,(H,21,24)(H,22,25)/t13-,20-/m0/s1. The van der Waals surface area contributed by atoms with Gasteiger partial charge in [-0.05, 0) is 55.2 Å². The van der Waals surface area contributed by atoms with Gasteiger partial charge in [-0.1, -0.05) is 26.8 Å². The molecular formula is C20H30N2O3. The van der Waals surface area contributed by atoms with E-state index in [1.807, 2.05) is 6.92 Å². The highest BCUT2D eigenvalue weighted by atomic mass is 16.3. The van der Waals surface area contributed by atoms with Crippen LogP contribution in [0.5, 0.6) is 0 Å². The Bertz CT molecular complexity index is 669. The van der Waals surface area contributed by atoms with Crippen LogP contribution < -0.4 is 10.6 Å². The van der Waals surface area contributed by atoms with Gasteiger partial charge in [0.25, 0.3) is 5.91 Å². The first-order chi connectivity index (χ1) is 11.6. The summed E-state index contributed by atoms with van der Waals surface area (Å²) in [6, 6.07) is 5.28. The Hall–Kier alpha value is -1.88. The first-order valence-corrected chi connectivity index (χ1v) is 8.88. The normalized spacial score (nSPS) is 25.3. The third-order valence-electron chi connectivity index (χ3n) is 5.03. The quantitative estimate of drug-likeness (QED) is 0.783. The molecule has 1 aliphatic rings. The molecule has 1 saturated carbocycles. The zero-order chi connectivity index (χ0) is 18.8. The van der Waals surface area contributed by atoms with Gasteiger partial charge in [0.1, 0.15) is 0 Å². The molecule has 0 bridgehead atoms. The molecule has 2 amide bonds. The van der Waals surface area contributed by atoms with E-state index in [2.05, 4.69) is 31.4 Å². The molecule has 1 fully saturated rings. The van der Waals surface area contributed by atoms with Gasteiger partial charge >= 0.3 is 0 Å². The van der Waals surface area contributed by atoms with Crippen LogP contribution in [0.2, 0.25) is 0 Å². The highest BCUT2D eigenvalue weighted by Gasteiger charge is 2.43. The van der Waals surface area contributed by atoms with Crippen molar-refractivity contribution >= 4 is 17.5 Å². The topological polar surface area (TPSA) is 78.4 Å². The number of anilines is 1. The number of aliphatic hydroxyl groups excluding tert-OH is 1. The molecule has 0 unspecified atom stereocenters. The van der Waals surface area contributed by atoms with Gasteiger partial charge in [0.15, 0.2) is 0 Å². The number of hydrogen-bond acceptors (Lipinski definition) is 3. The summed E-state index contributed by atoms with van der Waals surface area (Å²) >= 11 is 0. The number of aliphatic hydroxyl groups is 1. The number of rotatable bonds is 4. The number of benzene rings is 1.